The number of hydrogen-bond acceptors (Lipinski definition) is 2. The number of nitrogens with zero attached hydrogens (tertiary/aromatic N) is 1. The molecule has 1 N–H and O–H groups in total. The molecule has 4 nitrogen and oxygen atoms in total. The molecule has 0 spiro atoms. The Bertz CT molecular complexity index is 1070. The zero-order chi connectivity index (χ0) is 23.1. The molecule has 0 bridgehead atoms. The molecule has 0 saturated heterocycles. The Balaban J connectivity index is 1.74. The monoisotopic (exact) mass is 428 g/mol. The highest BCUT2D eigenvalue weighted by atomic mass is 16.2. The van der Waals surface area contributed by atoms with Gasteiger partial charge < -0.3 is 10.2 Å². The van der Waals surface area contributed by atoms with Crippen LogP contribution >= 0.6 is 0 Å². The summed E-state index contributed by atoms with van der Waals surface area (Å²) in [7, 11) is 0. The van der Waals surface area contributed by atoms with Crippen molar-refractivity contribution in [3.05, 3.63) is 95.1 Å². The predicted molar refractivity (Wildman–Crippen MR) is 132 cm³/mol. The van der Waals surface area contributed by atoms with Crippen LogP contribution in [0.5, 0.6) is 0 Å². The molecule has 0 radical (unpaired) electrons. The standard InChI is InChI=1S/C28H32N2O2/c1-20(2)16-28(32)30(19-24-10-6-5-9-22(24)4)26-14-12-23(13-15-26)18-27(31)29-25-11-7-8-21(3)17-25/h5-15,17,20H,16,18-19H2,1-4H3,(H,29,31). The van der Waals surface area contributed by atoms with E-state index in [2.05, 4.69) is 38.2 Å². The van der Waals surface area contributed by atoms with Crippen LogP contribution in [-0.4, -0.2) is 11.8 Å². The lowest BCUT2D eigenvalue weighted by Crippen LogP contribution is -2.31. The van der Waals surface area contributed by atoms with E-state index >= 15 is 0 Å². The molecular formula is C28H32N2O2. The molecule has 0 fully saturated rings. The van der Waals surface area contributed by atoms with Crippen LogP contribution in [0.1, 0.15) is 42.5 Å². The van der Waals surface area contributed by atoms with Crippen molar-refractivity contribution in [2.75, 3.05) is 10.2 Å². The number of amides is 2. The van der Waals surface area contributed by atoms with Crippen molar-refractivity contribution >= 4 is 23.2 Å². The summed E-state index contributed by atoms with van der Waals surface area (Å²) in [4.78, 5) is 27.3. The fourth-order valence-electron chi connectivity index (χ4n) is 3.65. The summed E-state index contributed by atoms with van der Waals surface area (Å²) in [6, 6.07) is 23.6. The molecule has 0 aliphatic carbocycles. The molecule has 0 heterocycles. The number of aryl methyl sites for hydroxylation is 2. The van der Waals surface area contributed by atoms with Gasteiger partial charge in [-0.15, -0.1) is 0 Å². The Morgan fingerprint density at radius 1 is 0.906 bits per heavy atom. The number of carbonyl (C=O) groups excluding carboxylic acids is 2. The topological polar surface area (TPSA) is 49.4 Å². The van der Waals surface area contributed by atoms with Gasteiger partial charge in [-0.05, 0) is 66.3 Å². The van der Waals surface area contributed by atoms with Crippen LogP contribution in [0.2, 0.25) is 0 Å². The van der Waals surface area contributed by atoms with Gasteiger partial charge in [0.1, 0.15) is 0 Å². The zero-order valence-corrected chi connectivity index (χ0v) is 19.4. The van der Waals surface area contributed by atoms with Crippen LogP contribution in [0.25, 0.3) is 0 Å². The van der Waals surface area contributed by atoms with Gasteiger partial charge in [-0.1, -0.05) is 62.4 Å². The van der Waals surface area contributed by atoms with Crippen molar-refractivity contribution in [2.45, 2.75) is 47.1 Å². The first kappa shape index (κ1) is 23.3. The highest BCUT2D eigenvalue weighted by molar-refractivity contribution is 5.94. The lowest BCUT2D eigenvalue weighted by Gasteiger charge is -2.25. The second-order valence-electron chi connectivity index (χ2n) is 8.77. The molecule has 0 unspecified atom stereocenters. The van der Waals surface area contributed by atoms with Gasteiger partial charge >= 0.3 is 0 Å². The van der Waals surface area contributed by atoms with Gasteiger partial charge in [-0.3, -0.25) is 9.59 Å². The molecule has 0 aliphatic heterocycles. The molecule has 0 atom stereocenters. The summed E-state index contributed by atoms with van der Waals surface area (Å²) < 4.78 is 0. The Morgan fingerprint density at radius 2 is 1.62 bits per heavy atom. The first-order chi connectivity index (χ1) is 15.3. The highest BCUT2D eigenvalue weighted by Gasteiger charge is 2.18. The second kappa shape index (κ2) is 10.8. The Hall–Kier alpha value is -3.40. The summed E-state index contributed by atoms with van der Waals surface area (Å²) in [5.41, 5.74) is 5.96. The summed E-state index contributed by atoms with van der Waals surface area (Å²) in [5.74, 6) is 0.329. The van der Waals surface area contributed by atoms with E-state index < -0.39 is 0 Å². The smallest absolute Gasteiger partial charge is 0.228 e. The highest BCUT2D eigenvalue weighted by Crippen LogP contribution is 2.22. The Kier molecular flexibility index (Phi) is 7.82. The van der Waals surface area contributed by atoms with Crippen molar-refractivity contribution < 1.29 is 9.59 Å². The maximum absolute atomic E-state index is 13.0. The fraction of sp³-hybridized carbons (Fsp3) is 0.286. The van der Waals surface area contributed by atoms with Crippen LogP contribution in [0, 0.1) is 19.8 Å². The van der Waals surface area contributed by atoms with Crippen molar-refractivity contribution in [3.63, 3.8) is 0 Å². The summed E-state index contributed by atoms with van der Waals surface area (Å²) >= 11 is 0. The van der Waals surface area contributed by atoms with E-state index in [4.69, 9.17) is 0 Å². The van der Waals surface area contributed by atoms with Crippen molar-refractivity contribution in [2.24, 2.45) is 5.92 Å². The van der Waals surface area contributed by atoms with Gasteiger partial charge in [-0.25, -0.2) is 0 Å². The Morgan fingerprint density at radius 3 is 2.28 bits per heavy atom. The second-order valence-corrected chi connectivity index (χ2v) is 8.77. The van der Waals surface area contributed by atoms with Crippen molar-refractivity contribution in [1.82, 2.24) is 0 Å². The molecule has 4 heteroatoms. The van der Waals surface area contributed by atoms with E-state index in [0.29, 0.717) is 13.0 Å². The average Bonchev–Trinajstić information content (AvgIpc) is 2.73. The maximum Gasteiger partial charge on any atom is 0.228 e. The SMILES string of the molecule is Cc1cccc(NC(=O)Cc2ccc(N(Cc3ccccc3C)C(=O)CC(C)C)cc2)c1. The molecule has 3 aromatic carbocycles. The molecule has 0 saturated carbocycles. The quantitative estimate of drug-likeness (QED) is 0.474. The molecule has 0 aliphatic rings. The first-order valence-electron chi connectivity index (χ1n) is 11.1. The number of nitrogens with one attached hydrogen (secondary N) is 1. The fourth-order valence-corrected chi connectivity index (χ4v) is 3.65. The van der Waals surface area contributed by atoms with Gasteiger partial charge in [0.15, 0.2) is 0 Å². The average molecular weight is 429 g/mol. The molecule has 3 aromatic rings. The van der Waals surface area contributed by atoms with Gasteiger partial charge in [0.2, 0.25) is 11.8 Å². The third-order valence-corrected chi connectivity index (χ3v) is 5.39. The van der Waals surface area contributed by atoms with E-state index in [-0.39, 0.29) is 24.2 Å². The molecule has 2 amide bonds. The minimum absolute atomic E-state index is 0.0593. The molecule has 3 rings (SSSR count). The van der Waals surface area contributed by atoms with E-state index in [9.17, 15) is 9.59 Å². The van der Waals surface area contributed by atoms with Crippen LogP contribution in [0.15, 0.2) is 72.8 Å². The van der Waals surface area contributed by atoms with Crippen molar-refractivity contribution in [3.8, 4) is 0 Å². The summed E-state index contributed by atoms with van der Waals surface area (Å²) in [6.07, 6.45) is 0.776. The molecule has 166 valence electrons. The number of hydrogen-bond donors (Lipinski definition) is 1. The largest absolute Gasteiger partial charge is 0.326 e. The van der Waals surface area contributed by atoms with Crippen molar-refractivity contribution in [1.29, 1.82) is 0 Å². The van der Waals surface area contributed by atoms with Crippen LogP contribution in [0.3, 0.4) is 0 Å². The lowest BCUT2D eigenvalue weighted by molar-refractivity contribution is -0.119. The summed E-state index contributed by atoms with van der Waals surface area (Å²) in [6.45, 7) is 8.71. The third kappa shape index (κ3) is 6.55. The summed E-state index contributed by atoms with van der Waals surface area (Å²) in [5, 5.41) is 2.94. The van der Waals surface area contributed by atoms with Gasteiger partial charge in [0.25, 0.3) is 0 Å². The minimum Gasteiger partial charge on any atom is -0.326 e. The number of anilines is 2. The molecule has 32 heavy (non-hydrogen) atoms. The predicted octanol–water partition coefficient (Wildman–Crippen LogP) is 6.06. The number of benzene rings is 3. The normalized spacial score (nSPS) is 10.8. The number of rotatable bonds is 8. The zero-order valence-electron chi connectivity index (χ0n) is 19.4. The minimum atomic E-state index is -0.0593. The Labute approximate surface area is 191 Å². The van der Waals surface area contributed by atoms with E-state index in [0.717, 1.165) is 28.1 Å². The van der Waals surface area contributed by atoms with Crippen LogP contribution in [-0.2, 0) is 22.6 Å². The van der Waals surface area contributed by atoms with E-state index in [1.807, 2.05) is 72.5 Å². The molecular weight excluding hydrogens is 396 g/mol. The van der Waals surface area contributed by atoms with Crippen LogP contribution < -0.4 is 10.2 Å². The van der Waals surface area contributed by atoms with Gasteiger partial charge in [-0.2, -0.15) is 0 Å². The van der Waals surface area contributed by atoms with Gasteiger partial charge in [0.05, 0.1) is 13.0 Å². The van der Waals surface area contributed by atoms with E-state index in [1.54, 1.807) is 0 Å². The third-order valence-electron chi connectivity index (χ3n) is 5.39. The molecule has 0 aromatic heterocycles. The number of carbonyl (C=O) groups is 2. The van der Waals surface area contributed by atoms with Gasteiger partial charge in [0, 0.05) is 17.8 Å². The van der Waals surface area contributed by atoms with E-state index in [1.165, 1.54) is 5.56 Å². The maximum atomic E-state index is 13.0. The van der Waals surface area contributed by atoms with Crippen LogP contribution in [0.4, 0.5) is 11.4 Å². The lowest BCUT2D eigenvalue weighted by atomic mass is 10.1. The first-order valence-corrected chi connectivity index (χ1v) is 11.1.